The molecule has 0 amide bonds. The van der Waals surface area contributed by atoms with Gasteiger partial charge in [-0.15, -0.1) is 16.4 Å². The first-order chi connectivity index (χ1) is 17.5. The van der Waals surface area contributed by atoms with Crippen molar-refractivity contribution in [3.05, 3.63) is 69.4 Å². The summed E-state index contributed by atoms with van der Waals surface area (Å²) in [6.07, 6.45) is 4.06. The molecule has 1 aliphatic carbocycles. The van der Waals surface area contributed by atoms with E-state index >= 15 is 0 Å². The number of nitrogens with zero attached hydrogens (tertiary/aromatic N) is 5. The number of hydrogen-bond donors (Lipinski definition) is 0. The predicted octanol–water partition coefficient (Wildman–Crippen LogP) is 5.16. The minimum Gasteiger partial charge on any atom is -0.462 e. The lowest BCUT2D eigenvalue weighted by molar-refractivity contribution is 0.0525. The molecule has 186 valence electrons. The predicted molar refractivity (Wildman–Crippen MR) is 140 cm³/mol. The van der Waals surface area contributed by atoms with Gasteiger partial charge in [0.05, 0.1) is 23.6 Å². The summed E-state index contributed by atoms with van der Waals surface area (Å²) in [4.78, 5) is 27.6. The number of aryl methyl sites for hydroxylation is 2. The van der Waals surface area contributed by atoms with Crippen LogP contribution in [0.5, 0.6) is 0 Å². The number of thiophene rings is 1. The van der Waals surface area contributed by atoms with E-state index in [1.54, 1.807) is 16.0 Å². The Bertz CT molecular complexity index is 1420. The molecule has 1 aliphatic rings. The SMILES string of the molecule is CCOC(=O)c1c(-n2c(C)cc(C(=O)CSc3nnnn3-c3ccccc3)c2C)sc2c1CCCC2. The number of carbonyl (C=O) groups excluding carboxylic acids is 2. The molecule has 0 bridgehead atoms. The number of tetrazole rings is 1. The zero-order chi connectivity index (χ0) is 25.2. The second-order valence-electron chi connectivity index (χ2n) is 8.65. The quantitative estimate of drug-likeness (QED) is 0.180. The number of carbonyl (C=O) groups is 2. The zero-order valence-corrected chi connectivity index (χ0v) is 22.1. The number of Topliss-reactive ketones (excluding diaryl/α,β-unsaturated/α-hetero) is 1. The first-order valence-corrected chi connectivity index (χ1v) is 13.8. The standard InChI is InChI=1S/C26H27N5O3S2/c1-4-34-25(33)23-19-12-8-9-13-22(19)36-24(23)30-16(2)14-20(17(30)3)21(32)15-35-26-27-28-29-31(26)18-10-6-5-7-11-18/h5-7,10-11,14H,4,8-9,12-13,15H2,1-3H3. The van der Waals surface area contributed by atoms with E-state index in [0.29, 0.717) is 22.9 Å². The second-order valence-corrected chi connectivity index (χ2v) is 10.7. The number of ether oxygens (including phenoxy) is 1. The summed E-state index contributed by atoms with van der Waals surface area (Å²) >= 11 is 2.95. The van der Waals surface area contributed by atoms with Crippen LogP contribution in [-0.2, 0) is 17.6 Å². The molecule has 0 radical (unpaired) electrons. The Morgan fingerprint density at radius 1 is 1.14 bits per heavy atom. The third kappa shape index (κ3) is 4.51. The number of aromatic nitrogens is 5. The average Bonchev–Trinajstić information content (AvgIpc) is 3.58. The summed E-state index contributed by atoms with van der Waals surface area (Å²) in [6, 6.07) is 11.5. The summed E-state index contributed by atoms with van der Waals surface area (Å²) in [7, 11) is 0. The highest BCUT2D eigenvalue weighted by molar-refractivity contribution is 7.99. The number of thioether (sulfide) groups is 1. The molecule has 0 atom stereocenters. The Morgan fingerprint density at radius 2 is 1.92 bits per heavy atom. The Hall–Kier alpha value is -3.24. The molecule has 4 aromatic rings. The van der Waals surface area contributed by atoms with E-state index in [9.17, 15) is 9.59 Å². The van der Waals surface area contributed by atoms with Gasteiger partial charge in [-0.05, 0) is 80.6 Å². The van der Waals surface area contributed by atoms with Gasteiger partial charge in [-0.3, -0.25) is 4.79 Å². The van der Waals surface area contributed by atoms with Crippen molar-refractivity contribution in [3.63, 3.8) is 0 Å². The number of ketones is 1. The van der Waals surface area contributed by atoms with Crippen molar-refractivity contribution in [1.82, 2.24) is 24.8 Å². The molecule has 10 heteroatoms. The molecular weight excluding hydrogens is 494 g/mol. The highest BCUT2D eigenvalue weighted by Gasteiger charge is 2.29. The maximum atomic E-state index is 13.3. The molecule has 0 spiro atoms. The van der Waals surface area contributed by atoms with Gasteiger partial charge in [-0.1, -0.05) is 30.0 Å². The lowest BCUT2D eigenvalue weighted by atomic mass is 9.95. The van der Waals surface area contributed by atoms with E-state index in [-0.39, 0.29) is 17.5 Å². The largest absolute Gasteiger partial charge is 0.462 e. The summed E-state index contributed by atoms with van der Waals surface area (Å²) < 4.78 is 9.11. The van der Waals surface area contributed by atoms with Gasteiger partial charge >= 0.3 is 5.97 Å². The van der Waals surface area contributed by atoms with Gasteiger partial charge in [0.2, 0.25) is 5.16 Å². The number of para-hydroxylation sites is 1. The molecule has 1 aromatic carbocycles. The molecule has 3 heterocycles. The van der Waals surface area contributed by atoms with E-state index in [2.05, 4.69) is 15.5 Å². The van der Waals surface area contributed by atoms with Gasteiger partial charge in [-0.2, -0.15) is 4.68 Å². The van der Waals surface area contributed by atoms with Crippen molar-refractivity contribution >= 4 is 34.9 Å². The van der Waals surface area contributed by atoms with Crippen LogP contribution in [0.15, 0.2) is 41.6 Å². The molecule has 0 N–H and O–H groups in total. The third-order valence-electron chi connectivity index (χ3n) is 6.34. The summed E-state index contributed by atoms with van der Waals surface area (Å²) in [5.41, 5.74) is 4.99. The maximum absolute atomic E-state index is 13.3. The lowest BCUT2D eigenvalue weighted by Gasteiger charge is -2.13. The van der Waals surface area contributed by atoms with E-state index in [0.717, 1.165) is 53.3 Å². The topological polar surface area (TPSA) is 91.9 Å². The third-order valence-corrected chi connectivity index (χ3v) is 8.54. The molecule has 0 saturated heterocycles. The van der Waals surface area contributed by atoms with E-state index in [1.165, 1.54) is 16.6 Å². The Balaban J connectivity index is 1.44. The van der Waals surface area contributed by atoms with Crippen LogP contribution in [0, 0.1) is 13.8 Å². The number of fused-ring (bicyclic) bond motifs is 1. The Morgan fingerprint density at radius 3 is 2.69 bits per heavy atom. The Kier molecular flexibility index (Phi) is 7.06. The molecule has 36 heavy (non-hydrogen) atoms. The van der Waals surface area contributed by atoms with Crippen molar-refractivity contribution in [1.29, 1.82) is 0 Å². The lowest BCUT2D eigenvalue weighted by Crippen LogP contribution is -2.13. The van der Waals surface area contributed by atoms with E-state index < -0.39 is 0 Å². The number of esters is 1. The van der Waals surface area contributed by atoms with Crippen LogP contribution in [0.25, 0.3) is 10.7 Å². The van der Waals surface area contributed by atoms with Crippen molar-refractivity contribution in [2.45, 2.75) is 51.6 Å². The van der Waals surface area contributed by atoms with Crippen LogP contribution in [0.3, 0.4) is 0 Å². The monoisotopic (exact) mass is 521 g/mol. The summed E-state index contributed by atoms with van der Waals surface area (Å²) in [5, 5.41) is 13.3. The molecule has 0 saturated carbocycles. The van der Waals surface area contributed by atoms with Crippen LogP contribution in [0.1, 0.15) is 62.3 Å². The van der Waals surface area contributed by atoms with Gasteiger partial charge in [0.15, 0.2) is 5.78 Å². The normalized spacial score (nSPS) is 13.0. The molecule has 5 rings (SSSR count). The Labute approximate surface area is 217 Å². The minimum absolute atomic E-state index is 0.0130. The number of benzene rings is 1. The molecule has 0 unspecified atom stereocenters. The highest BCUT2D eigenvalue weighted by Crippen LogP contribution is 2.39. The molecule has 8 nitrogen and oxygen atoms in total. The summed E-state index contributed by atoms with van der Waals surface area (Å²) in [5.74, 6) is -0.0973. The minimum atomic E-state index is -0.282. The van der Waals surface area contributed by atoms with Crippen LogP contribution >= 0.6 is 23.1 Å². The second kappa shape index (κ2) is 10.4. The van der Waals surface area contributed by atoms with Crippen LogP contribution in [0.2, 0.25) is 0 Å². The van der Waals surface area contributed by atoms with Crippen LogP contribution < -0.4 is 0 Å². The smallest absolute Gasteiger partial charge is 0.341 e. The zero-order valence-electron chi connectivity index (χ0n) is 20.5. The first-order valence-electron chi connectivity index (χ1n) is 12.0. The van der Waals surface area contributed by atoms with Crippen molar-refractivity contribution in [3.8, 4) is 10.7 Å². The molecule has 0 fully saturated rings. The first kappa shape index (κ1) is 24.5. The van der Waals surface area contributed by atoms with Crippen LogP contribution in [-0.4, -0.2) is 48.9 Å². The highest BCUT2D eigenvalue weighted by atomic mass is 32.2. The average molecular weight is 522 g/mol. The van der Waals surface area contributed by atoms with Crippen molar-refractivity contribution < 1.29 is 14.3 Å². The number of rotatable bonds is 8. The van der Waals surface area contributed by atoms with E-state index in [1.807, 2.05) is 61.7 Å². The van der Waals surface area contributed by atoms with Gasteiger partial charge in [0.25, 0.3) is 0 Å². The molecule has 3 aromatic heterocycles. The van der Waals surface area contributed by atoms with Crippen molar-refractivity contribution in [2.24, 2.45) is 0 Å². The van der Waals surface area contributed by atoms with Gasteiger partial charge in [0, 0.05) is 21.8 Å². The van der Waals surface area contributed by atoms with E-state index in [4.69, 9.17) is 4.74 Å². The van der Waals surface area contributed by atoms with Gasteiger partial charge in [0.1, 0.15) is 5.00 Å². The number of hydrogen-bond acceptors (Lipinski definition) is 8. The fourth-order valence-electron chi connectivity index (χ4n) is 4.69. The molecule has 0 aliphatic heterocycles. The van der Waals surface area contributed by atoms with Crippen molar-refractivity contribution in [2.75, 3.05) is 12.4 Å². The molecular formula is C26H27N5O3S2. The van der Waals surface area contributed by atoms with Crippen LogP contribution in [0.4, 0.5) is 0 Å². The fraction of sp³-hybridized carbons (Fsp3) is 0.346. The fourth-order valence-corrected chi connectivity index (χ4v) is 6.95. The summed E-state index contributed by atoms with van der Waals surface area (Å²) in [6.45, 7) is 6.06. The van der Waals surface area contributed by atoms with Gasteiger partial charge < -0.3 is 9.30 Å². The maximum Gasteiger partial charge on any atom is 0.341 e. The van der Waals surface area contributed by atoms with Gasteiger partial charge in [-0.25, -0.2) is 4.79 Å².